The first-order valence-corrected chi connectivity index (χ1v) is 5.47. The van der Waals surface area contributed by atoms with E-state index in [2.05, 4.69) is 14.4 Å². The lowest BCUT2D eigenvalue weighted by Crippen LogP contribution is -1.84. The van der Waals surface area contributed by atoms with Crippen LogP contribution >= 0.6 is 21.0 Å². The van der Waals surface area contributed by atoms with Crippen molar-refractivity contribution in [1.29, 1.82) is 0 Å². The first-order valence-electron chi connectivity index (χ1n) is 4.57. The minimum absolute atomic E-state index is 0.793. The van der Waals surface area contributed by atoms with Gasteiger partial charge in [-0.1, -0.05) is 25.4 Å². The van der Waals surface area contributed by atoms with E-state index in [1.807, 2.05) is 37.4 Å². The molecule has 2 aromatic heterocycles. The van der Waals surface area contributed by atoms with E-state index in [0.717, 1.165) is 21.6 Å². The van der Waals surface area contributed by atoms with Gasteiger partial charge in [-0.2, -0.15) is 0 Å². The van der Waals surface area contributed by atoms with E-state index in [1.165, 1.54) is 0 Å². The Labute approximate surface area is 91.5 Å². The molecule has 0 saturated heterocycles. The van der Waals surface area contributed by atoms with Crippen molar-refractivity contribution in [3.8, 4) is 0 Å². The minimum atomic E-state index is 0.793. The number of nitrogens with zero attached hydrogens (tertiary/aromatic N) is 2. The van der Waals surface area contributed by atoms with Crippen LogP contribution in [-0.2, 0) is 0 Å². The summed E-state index contributed by atoms with van der Waals surface area (Å²) < 4.78 is 1.88. The molecular weight excluding hydrogens is 215 g/mol. The Hall–Kier alpha value is -0.590. The fourth-order valence-electron chi connectivity index (χ4n) is 1.17. The van der Waals surface area contributed by atoms with Crippen molar-refractivity contribution in [2.45, 2.75) is 20.8 Å². The molecule has 0 amide bonds. The van der Waals surface area contributed by atoms with Crippen LogP contribution in [0.1, 0.15) is 19.4 Å². The van der Waals surface area contributed by atoms with Crippen molar-refractivity contribution >= 4 is 32.0 Å². The minimum Gasteiger partial charge on any atom is -0.317 e. The molecule has 2 nitrogen and oxygen atoms in total. The molecule has 2 heterocycles. The summed E-state index contributed by atoms with van der Waals surface area (Å²) >= 11 is 6.08. The summed E-state index contributed by atoms with van der Waals surface area (Å²) in [4.78, 5) is 4.26. The van der Waals surface area contributed by atoms with Gasteiger partial charge in [0.2, 0.25) is 0 Å². The van der Waals surface area contributed by atoms with Gasteiger partial charge in [0.25, 0.3) is 0 Å². The van der Waals surface area contributed by atoms with Gasteiger partial charge in [-0.3, -0.25) is 0 Å². The zero-order valence-electron chi connectivity index (χ0n) is 8.58. The molecule has 0 aliphatic heterocycles. The Morgan fingerprint density at radius 3 is 2.71 bits per heavy atom. The number of halogens is 1. The average Bonchev–Trinajstić information content (AvgIpc) is 2.58. The molecule has 0 aliphatic rings. The van der Waals surface area contributed by atoms with E-state index < -0.39 is 0 Å². The molecule has 0 N–H and O–H groups in total. The number of pyridine rings is 1. The summed E-state index contributed by atoms with van der Waals surface area (Å²) in [5.74, 6) is 0. The van der Waals surface area contributed by atoms with Gasteiger partial charge in [0.05, 0.1) is 5.02 Å². The molecule has 0 radical (unpaired) electrons. The Morgan fingerprint density at radius 2 is 2.07 bits per heavy atom. The van der Waals surface area contributed by atoms with E-state index in [4.69, 9.17) is 11.6 Å². The van der Waals surface area contributed by atoms with E-state index in [9.17, 15) is 0 Å². The maximum atomic E-state index is 6.08. The van der Waals surface area contributed by atoms with Gasteiger partial charge >= 0.3 is 0 Å². The number of rotatable bonds is 0. The standard InChI is InChI=1S/C8H8ClN2P.C2H6/c1-5-4-10-8-6(7(5)9)2-3-11(8)12;1-2/h2-4H,12H2,1H3;1-2H3. The molecule has 4 heteroatoms. The van der Waals surface area contributed by atoms with E-state index in [0.29, 0.717) is 0 Å². The summed E-state index contributed by atoms with van der Waals surface area (Å²) in [6, 6.07) is 1.96. The molecule has 14 heavy (non-hydrogen) atoms. The zero-order chi connectivity index (χ0) is 10.7. The highest BCUT2D eigenvalue weighted by molar-refractivity contribution is 7.14. The van der Waals surface area contributed by atoms with Gasteiger partial charge in [-0.15, -0.1) is 0 Å². The number of hydrogen-bond acceptors (Lipinski definition) is 1. The van der Waals surface area contributed by atoms with Crippen molar-refractivity contribution in [1.82, 2.24) is 9.32 Å². The summed E-state index contributed by atoms with van der Waals surface area (Å²) in [7, 11) is 2.56. The summed E-state index contributed by atoms with van der Waals surface area (Å²) in [5.41, 5.74) is 1.91. The molecule has 0 saturated carbocycles. The second kappa shape index (κ2) is 4.77. The quantitative estimate of drug-likeness (QED) is 0.629. The van der Waals surface area contributed by atoms with Crippen LogP contribution in [0.5, 0.6) is 0 Å². The number of aryl methyl sites for hydroxylation is 1. The van der Waals surface area contributed by atoms with Crippen LogP contribution in [0.4, 0.5) is 0 Å². The van der Waals surface area contributed by atoms with Crippen LogP contribution in [0, 0.1) is 6.92 Å². The van der Waals surface area contributed by atoms with Crippen molar-refractivity contribution in [3.63, 3.8) is 0 Å². The highest BCUT2D eigenvalue weighted by Crippen LogP contribution is 2.26. The fourth-order valence-corrected chi connectivity index (χ4v) is 1.66. The maximum Gasteiger partial charge on any atom is 0.144 e. The smallest absolute Gasteiger partial charge is 0.144 e. The Balaban J connectivity index is 0.000000461. The van der Waals surface area contributed by atoms with Crippen LogP contribution < -0.4 is 0 Å². The normalized spacial score (nSPS) is 9.79. The molecule has 0 aliphatic carbocycles. The third-order valence-corrected chi connectivity index (χ3v) is 2.77. The molecule has 76 valence electrons. The largest absolute Gasteiger partial charge is 0.317 e. The van der Waals surface area contributed by atoms with Crippen LogP contribution in [-0.4, -0.2) is 9.32 Å². The molecular formula is C10H14ClN2P. The molecule has 2 aromatic rings. The maximum absolute atomic E-state index is 6.08. The third kappa shape index (κ3) is 1.92. The fraction of sp³-hybridized carbons (Fsp3) is 0.300. The van der Waals surface area contributed by atoms with Gasteiger partial charge in [-0.25, -0.2) is 4.98 Å². The van der Waals surface area contributed by atoms with E-state index in [1.54, 1.807) is 6.20 Å². The monoisotopic (exact) mass is 228 g/mol. The van der Waals surface area contributed by atoms with Crippen molar-refractivity contribution in [2.24, 2.45) is 0 Å². The van der Waals surface area contributed by atoms with Gasteiger partial charge in [0, 0.05) is 17.8 Å². The van der Waals surface area contributed by atoms with E-state index >= 15 is 0 Å². The second-order valence-corrected chi connectivity index (χ2v) is 3.65. The Morgan fingerprint density at radius 1 is 1.43 bits per heavy atom. The SMILES string of the molecule is CC.Cc1cnc2c(ccn2P)c1Cl. The topological polar surface area (TPSA) is 17.8 Å². The van der Waals surface area contributed by atoms with Crippen molar-refractivity contribution in [3.05, 3.63) is 29.0 Å². The highest BCUT2D eigenvalue weighted by atomic mass is 35.5. The zero-order valence-corrected chi connectivity index (χ0v) is 10.5. The van der Waals surface area contributed by atoms with E-state index in [-0.39, 0.29) is 0 Å². The van der Waals surface area contributed by atoms with Gasteiger partial charge in [0.15, 0.2) is 0 Å². The summed E-state index contributed by atoms with van der Waals surface area (Å²) in [6.45, 7) is 5.95. The summed E-state index contributed by atoms with van der Waals surface area (Å²) in [6.07, 6.45) is 3.71. The Bertz CT molecular complexity index is 437. The third-order valence-electron chi connectivity index (χ3n) is 1.85. The predicted octanol–water partition coefficient (Wildman–Crippen LogP) is 3.66. The molecule has 0 bridgehead atoms. The second-order valence-electron chi connectivity index (χ2n) is 2.72. The first kappa shape index (κ1) is 11.5. The lowest BCUT2D eigenvalue weighted by molar-refractivity contribution is 1.24. The average molecular weight is 229 g/mol. The molecule has 0 fully saturated rings. The molecule has 1 unspecified atom stereocenters. The van der Waals surface area contributed by atoms with Crippen LogP contribution in [0.2, 0.25) is 5.02 Å². The van der Waals surface area contributed by atoms with Gasteiger partial charge < -0.3 is 4.34 Å². The van der Waals surface area contributed by atoms with Crippen molar-refractivity contribution < 1.29 is 0 Å². The van der Waals surface area contributed by atoms with Gasteiger partial charge in [-0.05, 0) is 27.9 Å². The lowest BCUT2D eigenvalue weighted by Gasteiger charge is -1.99. The number of aromatic nitrogens is 2. The first-order chi connectivity index (χ1) is 6.70. The summed E-state index contributed by atoms with van der Waals surface area (Å²) in [5, 5.41) is 1.80. The van der Waals surface area contributed by atoms with Gasteiger partial charge in [0.1, 0.15) is 5.65 Å². The Kier molecular flexibility index (Phi) is 3.91. The molecule has 0 aromatic carbocycles. The van der Waals surface area contributed by atoms with Crippen LogP contribution in [0.15, 0.2) is 18.5 Å². The highest BCUT2D eigenvalue weighted by Gasteiger charge is 2.05. The number of hydrogen-bond donors (Lipinski definition) is 0. The molecule has 2 rings (SSSR count). The van der Waals surface area contributed by atoms with Crippen LogP contribution in [0.25, 0.3) is 11.0 Å². The lowest BCUT2D eigenvalue weighted by atomic mass is 10.2. The van der Waals surface area contributed by atoms with Crippen molar-refractivity contribution in [2.75, 3.05) is 0 Å². The number of fused-ring (bicyclic) bond motifs is 1. The van der Waals surface area contributed by atoms with Crippen LogP contribution in [0.3, 0.4) is 0 Å². The predicted molar refractivity (Wildman–Crippen MR) is 65.9 cm³/mol. The molecule has 1 atom stereocenters. The molecule has 0 spiro atoms.